The van der Waals surface area contributed by atoms with Gasteiger partial charge in [-0.05, 0) is 31.4 Å². The Morgan fingerprint density at radius 2 is 1.94 bits per heavy atom. The number of carbonyl (C=O) groups excluding carboxylic acids is 1. The average Bonchev–Trinajstić information content (AvgIpc) is 3.12. The lowest BCUT2D eigenvalue weighted by Crippen LogP contribution is -2.37. The molecule has 1 aliphatic carbocycles. The highest BCUT2D eigenvalue weighted by Gasteiger charge is 2.34. The number of hydrogen-bond donors (Lipinski definition) is 1. The van der Waals surface area contributed by atoms with Gasteiger partial charge in [0.15, 0.2) is 0 Å². The first-order valence-electron chi connectivity index (χ1n) is 6.43. The van der Waals surface area contributed by atoms with Crippen molar-refractivity contribution >= 4 is 5.91 Å². The fourth-order valence-electron chi connectivity index (χ4n) is 2.53. The lowest BCUT2D eigenvalue weighted by molar-refractivity contribution is 0.0937. The second kappa shape index (κ2) is 4.49. The van der Waals surface area contributed by atoms with Gasteiger partial charge in [0, 0.05) is 30.7 Å². The number of nitrogens with one attached hydrogen (secondary N) is 1. The lowest BCUT2D eigenvalue weighted by Gasteiger charge is -2.15. The van der Waals surface area contributed by atoms with Crippen LogP contribution in [0.15, 0.2) is 30.3 Å². The Morgan fingerprint density at radius 1 is 1.18 bits per heavy atom. The molecule has 3 heteroatoms. The maximum absolute atomic E-state index is 12.0. The Morgan fingerprint density at radius 3 is 2.65 bits per heavy atom. The minimum absolute atomic E-state index is 0.0632. The van der Waals surface area contributed by atoms with Crippen LogP contribution in [0.3, 0.4) is 0 Å². The van der Waals surface area contributed by atoms with E-state index in [4.69, 9.17) is 0 Å². The maximum atomic E-state index is 12.0. The van der Waals surface area contributed by atoms with E-state index in [-0.39, 0.29) is 5.91 Å². The van der Waals surface area contributed by atoms with Gasteiger partial charge in [-0.25, -0.2) is 0 Å². The van der Waals surface area contributed by atoms with Crippen molar-refractivity contribution in [2.75, 3.05) is 13.1 Å². The van der Waals surface area contributed by atoms with Gasteiger partial charge >= 0.3 is 0 Å². The van der Waals surface area contributed by atoms with Crippen LogP contribution in [0, 0.1) is 0 Å². The first-order chi connectivity index (χ1) is 8.33. The van der Waals surface area contributed by atoms with Gasteiger partial charge in [-0.3, -0.25) is 9.69 Å². The SMILES string of the molecule is O=C(NC1CCN(C2CC2)C1)c1ccccc1. The lowest BCUT2D eigenvalue weighted by atomic mass is 10.2. The van der Waals surface area contributed by atoms with E-state index < -0.39 is 0 Å². The van der Waals surface area contributed by atoms with Crippen molar-refractivity contribution in [3.8, 4) is 0 Å². The van der Waals surface area contributed by atoms with Crippen LogP contribution in [0.4, 0.5) is 0 Å². The molecule has 1 amide bonds. The van der Waals surface area contributed by atoms with Gasteiger partial charge in [-0.1, -0.05) is 18.2 Å². The Labute approximate surface area is 102 Å². The van der Waals surface area contributed by atoms with Gasteiger partial charge < -0.3 is 5.32 Å². The molecule has 17 heavy (non-hydrogen) atoms. The predicted molar refractivity (Wildman–Crippen MR) is 66.9 cm³/mol. The standard InChI is InChI=1S/C14H18N2O/c17-14(11-4-2-1-3-5-11)15-12-8-9-16(10-12)13-6-7-13/h1-5,12-13H,6-10H2,(H,15,17). The van der Waals surface area contributed by atoms with Crippen LogP contribution >= 0.6 is 0 Å². The first kappa shape index (κ1) is 10.8. The summed E-state index contributed by atoms with van der Waals surface area (Å²) in [7, 11) is 0. The highest BCUT2D eigenvalue weighted by atomic mass is 16.1. The molecule has 1 aromatic rings. The Hall–Kier alpha value is -1.35. The predicted octanol–water partition coefficient (Wildman–Crippen LogP) is 1.65. The molecule has 1 aliphatic heterocycles. The summed E-state index contributed by atoms with van der Waals surface area (Å²) in [5, 5.41) is 3.13. The van der Waals surface area contributed by atoms with E-state index in [1.807, 2.05) is 30.3 Å². The molecule has 1 heterocycles. The largest absolute Gasteiger partial charge is 0.348 e. The Bertz CT molecular complexity index is 400. The molecule has 1 atom stereocenters. The number of likely N-dealkylation sites (tertiary alicyclic amines) is 1. The van der Waals surface area contributed by atoms with Crippen molar-refractivity contribution < 1.29 is 4.79 Å². The van der Waals surface area contributed by atoms with E-state index in [1.165, 1.54) is 12.8 Å². The third-order valence-electron chi connectivity index (χ3n) is 3.65. The summed E-state index contributed by atoms with van der Waals surface area (Å²) in [6.45, 7) is 2.17. The summed E-state index contributed by atoms with van der Waals surface area (Å²) < 4.78 is 0. The fraction of sp³-hybridized carbons (Fsp3) is 0.500. The second-order valence-corrected chi connectivity index (χ2v) is 5.05. The van der Waals surface area contributed by atoms with Crippen LogP contribution < -0.4 is 5.32 Å². The third kappa shape index (κ3) is 2.50. The molecule has 0 aromatic heterocycles. The quantitative estimate of drug-likeness (QED) is 0.856. The zero-order valence-corrected chi connectivity index (χ0v) is 9.93. The highest BCUT2D eigenvalue weighted by molar-refractivity contribution is 5.94. The summed E-state index contributed by atoms with van der Waals surface area (Å²) in [6, 6.07) is 10.6. The molecule has 1 saturated carbocycles. The normalized spacial score (nSPS) is 24.8. The maximum Gasteiger partial charge on any atom is 0.251 e. The molecular formula is C14H18N2O. The molecule has 1 aromatic carbocycles. The smallest absolute Gasteiger partial charge is 0.251 e. The molecule has 3 rings (SSSR count). The molecule has 0 bridgehead atoms. The summed E-state index contributed by atoms with van der Waals surface area (Å²) in [5.74, 6) is 0.0632. The number of hydrogen-bond acceptors (Lipinski definition) is 2. The van der Waals surface area contributed by atoms with Crippen molar-refractivity contribution in [2.45, 2.75) is 31.3 Å². The van der Waals surface area contributed by atoms with Crippen LogP contribution in [0.2, 0.25) is 0 Å². The van der Waals surface area contributed by atoms with E-state index >= 15 is 0 Å². The minimum Gasteiger partial charge on any atom is -0.348 e. The summed E-state index contributed by atoms with van der Waals surface area (Å²) in [5.41, 5.74) is 0.761. The highest BCUT2D eigenvalue weighted by Crippen LogP contribution is 2.29. The van der Waals surface area contributed by atoms with Gasteiger partial charge in [-0.15, -0.1) is 0 Å². The zero-order chi connectivity index (χ0) is 11.7. The van der Waals surface area contributed by atoms with Crippen LogP contribution in [0.1, 0.15) is 29.6 Å². The molecule has 0 spiro atoms. The van der Waals surface area contributed by atoms with Crippen molar-refractivity contribution in [1.29, 1.82) is 0 Å². The Kier molecular flexibility index (Phi) is 2.85. The summed E-state index contributed by atoms with van der Waals surface area (Å²) in [6.07, 6.45) is 3.79. The number of nitrogens with zero attached hydrogens (tertiary/aromatic N) is 1. The average molecular weight is 230 g/mol. The molecule has 3 nitrogen and oxygen atoms in total. The van der Waals surface area contributed by atoms with Gasteiger partial charge in [0.1, 0.15) is 0 Å². The number of carbonyl (C=O) groups is 1. The van der Waals surface area contributed by atoms with E-state index in [0.717, 1.165) is 31.1 Å². The van der Waals surface area contributed by atoms with Crippen LogP contribution in [-0.2, 0) is 0 Å². The van der Waals surface area contributed by atoms with Crippen molar-refractivity contribution in [2.24, 2.45) is 0 Å². The topological polar surface area (TPSA) is 32.3 Å². The van der Waals surface area contributed by atoms with Crippen molar-refractivity contribution in [3.63, 3.8) is 0 Å². The summed E-state index contributed by atoms with van der Waals surface area (Å²) >= 11 is 0. The fourth-order valence-corrected chi connectivity index (χ4v) is 2.53. The second-order valence-electron chi connectivity index (χ2n) is 5.05. The number of rotatable bonds is 3. The third-order valence-corrected chi connectivity index (χ3v) is 3.65. The molecule has 2 fully saturated rings. The molecule has 0 radical (unpaired) electrons. The van der Waals surface area contributed by atoms with E-state index in [0.29, 0.717) is 6.04 Å². The van der Waals surface area contributed by atoms with E-state index in [2.05, 4.69) is 10.2 Å². The van der Waals surface area contributed by atoms with Gasteiger partial charge in [0.05, 0.1) is 0 Å². The van der Waals surface area contributed by atoms with E-state index in [1.54, 1.807) is 0 Å². The van der Waals surface area contributed by atoms with Crippen molar-refractivity contribution in [3.05, 3.63) is 35.9 Å². The van der Waals surface area contributed by atoms with Crippen LogP contribution in [0.5, 0.6) is 0 Å². The molecule has 2 aliphatic rings. The molecular weight excluding hydrogens is 212 g/mol. The van der Waals surface area contributed by atoms with Crippen molar-refractivity contribution in [1.82, 2.24) is 10.2 Å². The molecule has 1 N–H and O–H groups in total. The summed E-state index contributed by atoms with van der Waals surface area (Å²) in [4.78, 5) is 14.5. The van der Waals surface area contributed by atoms with Crippen LogP contribution in [0.25, 0.3) is 0 Å². The number of amides is 1. The van der Waals surface area contributed by atoms with Gasteiger partial charge in [0.2, 0.25) is 0 Å². The monoisotopic (exact) mass is 230 g/mol. The van der Waals surface area contributed by atoms with E-state index in [9.17, 15) is 4.79 Å². The van der Waals surface area contributed by atoms with Gasteiger partial charge in [0.25, 0.3) is 5.91 Å². The molecule has 1 saturated heterocycles. The Balaban J connectivity index is 1.55. The zero-order valence-electron chi connectivity index (χ0n) is 9.93. The van der Waals surface area contributed by atoms with Crippen LogP contribution in [-0.4, -0.2) is 36.0 Å². The molecule has 90 valence electrons. The first-order valence-corrected chi connectivity index (χ1v) is 6.43. The van der Waals surface area contributed by atoms with Gasteiger partial charge in [-0.2, -0.15) is 0 Å². The minimum atomic E-state index is 0.0632. The molecule has 1 unspecified atom stereocenters. The number of benzene rings is 1.